The minimum absolute atomic E-state index is 0.114. The lowest BCUT2D eigenvalue weighted by Gasteiger charge is -2.20. The zero-order chi connectivity index (χ0) is 17.7. The zero-order valence-corrected chi connectivity index (χ0v) is 15.5. The minimum atomic E-state index is -3.73. The molecule has 0 saturated heterocycles. The van der Waals surface area contributed by atoms with E-state index in [1.165, 1.54) is 6.07 Å². The van der Waals surface area contributed by atoms with Gasteiger partial charge in [-0.25, -0.2) is 8.42 Å². The molecule has 1 atom stereocenters. The fourth-order valence-corrected chi connectivity index (χ4v) is 4.37. The van der Waals surface area contributed by atoms with Crippen molar-refractivity contribution >= 4 is 27.3 Å². The molecule has 1 heterocycles. The van der Waals surface area contributed by atoms with Crippen molar-refractivity contribution in [2.45, 2.75) is 37.6 Å². The van der Waals surface area contributed by atoms with Gasteiger partial charge in [-0.05, 0) is 29.9 Å². The van der Waals surface area contributed by atoms with E-state index in [4.69, 9.17) is 4.74 Å². The van der Waals surface area contributed by atoms with Gasteiger partial charge in [0.25, 0.3) is 10.0 Å². The lowest BCUT2D eigenvalue weighted by molar-refractivity contribution is -0.148. The van der Waals surface area contributed by atoms with Crippen LogP contribution in [0, 0.1) is 12.8 Å². The van der Waals surface area contributed by atoms with E-state index in [1.54, 1.807) is 25.3 Å². The van der Waals surface area contributed by atoms with Crippen LogP contribution in [0.15, 0.2) is 46.0 Å². The van der Waals surface area contributed by atoms with Gasteiger partial charge in [-0.1, -0.05) is 49.7 Å². The molecule has 0 aliphatic rings. The van der Waals surface area contributed by atoms with Crippen molar-refractivity contribution in [2.75, 3.05) is 0 Å². The van der Waals surface area contributed by atoms with Crippen molar-refractivity contribution in [2.24, 2.45) is 5.92 Å². The quantitative estimate of drug-likeness (QED) is 0.763. The molecule has 0 unspecified atom stereocenters. The lowest BCUT2D eigenvalue weighted by Crippen LogP contribution is -2.45. The summed E-state index contributed by atoms with van der Waals surface area (Å²) in [5.41, 5.74) is 1.98. The fraction of sp³-hybridized carbons (Fsp3) is 0.353. The number of rotatable bonds is 7. The number of hydrogen-bond donors (Lipinski definition) is 1. The molecular formula is C17H21NO4S2. The Morgan fingerprint density at radius 2 is 1.88 bits per heavy atom. The second-order valence-corrected chi connectivity index (χ2v) is 8.76. The first kappa shape index (κ1) is 18.6. The van der Waals surface area contributed by atoms with E-state index in [0.29, 0.717) is 0 Å². The third kappa shape index (κ3) is 4.90. The van der Waals surface area contributed by atoms with Crippen LogP contribution in [0.3, 0.4) is 0 Å². The van der Waals surface area contributed by atoms with E-state index < -0.39 is 22.0 Å². The number of carbonyl (C=O) groups is 1. The average Bonchev–Trinajstić information content (AvgIpc) is 3.07. The summed E-state index contributed by atoms with van der Waals surface area (Å²) in [4.78, 5) is 12.3. The summed E-state index contributed by atoms with van der Waals surface area (Å²) in [6.07, 6.45) is 0. The molecule has 0 spiro atoms. The molecule has 0 saturated carbocycles. The molecule has 1 aromatic carbocycles. The summed E-state index contributed by atoms with van der Waals surface area (Å²) < 4.78 is 32.6. The van der Waals surface area contributed by atoms with E-state index in [-0.39, 0.29) is 16.7 Å². The predicted octanol–water partition coefficient (Wildman–Crippen LogP) is 3.10. The largest absolute Gasteiger partial charge is 0.460 e. The van der Waals surface area contributed by atoms with Crippen LogP contribution in [0.1, 0.15) is 25.0 Å². The van der Waals surface area contributed by atoms with Crippen LogP contribution in [-0.2, 0) is 26.2 Å². The number of nitrogens with one attached hydrogen (secondary N) is 1. The maximum absolute atomic E-state index is 12.3. The molecule has 1 N–H and O–H groups in total. The molecule has 0 amide bonds. The van der Waals surface area contributed by atoms with Gasteiger partial charge >= 0.3 is 5.97 Å². The maximum Gasteiger partial charge on any atom is 0.324 e. The zero-order valence-electron chi connectivity index (χ0n) is 13.9. The number of ether oxygens (including phenoxy) is 1. The highest BCUT2D eigenvalue weighted by Gasteiger charge is 2.30. The molecule has 0 aliphatic carbocycles. The standard InChI is InChI=1S/C17H21NO4S2/c1-12(2)16(18-24(20,21)15-5-4-10-23-15)17(19)22-11-14-8-6-13(3)7-9-14/h4-10,12,16,18H,11H2,1-3H3/t16-/m0/s1. The number of hydrogen-bond acceptors (Lipinski definition) is 5. The van der Waals surface area contributed by atoms with Crippen LogP contribution in [0.2, 0.25) is 0 Å². The molecular weight excluding hydrogens is 346 g/mol. The molecule has 0 radical (unpaired) electrons. The Morgan fingerprint density at radius 3 is 2.42 bits per heavy atom. The predicted molar refractivity (Wildman–Crippen MR) is 94.2 cm³/mol. The van der Waals surface area contributed by atoms with E-state index in [1.807, 2.05) is 31.2 Å². The van der Waals surface area contributed by atoms with Crippen molar-refractivity contribution in [3.05, 3.63) is 52.9 Å². The second-order valence-electron chi connectivity index (χ2n) is 5.87. The first-order valence-electron chi connectivity index (χ1n) is 7.57. The van der Waals surface area contributed by atoms with Gasteiger partial charge in [-0.15, -0.1) is 11.3 Å². The van der Waals surface area contributed by atoms with Crippen LogP contribution in [0.25, 0.3) is 0 Å². The number of sulfonamides is 1. The summed E-state index contributed by atoms with van der Waals surface area (Å²) in [6.45, 7) is 5.64. The minimum Gasteiger partial charge on any atom is -0.460 e. The van der Waals surface area contributed by atoms with Crippen LogP contribution in [0.5, 0.6) is 0 Å². The van der Waals surface area contributed by atoms with Crippen molar-refractivity contribution in [1.82, 2.24) is 4.72 Å². The summed E-state index contributed by atoms with van der Waals surface area (Å²) in [5.74, 6) is -0.809. The van der Waals surface area contributed by atoms with Crippen molar-refractivity contribution in [3.8, 4) is 0 Å². The molecule has 0 fully saturated rings. The molecule has 0 aliphatic heterocycles. The highest BCUT2D eigenvalue weighted by molar-refractivity contribution is 7.91. The number of esters is 1. The highest BCUT2D eigenvalue weighted by atomic mass is 32.2. The van der Waals surface area contributed by atoms with Gasteiger partial charge in [-0.3, -0.25) is 4.79 Å². The third-order valence-electron chi connectivity index (χ3n) is 3.46. The van der Waals surface area contributed by atoms with Gasteiger partial charge in [-0.2, -0.15) is 4.72 Å². The topological polar surface area (TPSA) is 72.5 Å². The number of thiophene rings is 1. The average molecular weight is 367 g/mol. The molecule has 2 rings (SSSR count). The van der Waals surface area contributed by atoms with Crippen LogP contribution in [-0.4, -0.2) is 20.4 Å². The van der Waals surface area contributed by atoms with Crippen LogP contribution in [0.4, 0.5) is 0 Å². The maximum atomic E-state index is 12.3. The monoisotopic (exact) mass is 367 g/mol. The van der Waals surface area contributed by atoms with Crippen molar-refractivity contribution in [1.29, 1.82) is 0 Å². The Hall–Kier alpha value is -1.70. The fourth-order valence-electron chi connectivity index (χ4n) is 2.03. The first-order valence-corrected chi connectivity index (χ1v) is 9.94. The molecule has 130 valence electrons. The van der Waals surface area contributed by atoms with E-state index in [9.17, 15) is 13.2 Å². The lowest BCUT2D eigenvalue weighted by atomic mass is 10.1. The van der Waals surface area contributed by atoms with Gasteiger partial charge in [0.05, 0.1) is 0 Å². The van der Waals surface area contributed by atoms with E-state index in [0.717, 1.165) is 22.5 Å². The number of benzene rings is 1. The number of aryl methyl sites for hydroxylation is 1. The van der Waals surface area contributed by atoms with E-state index in [2.05, 4.69) is 4.72 Å². The summed E-state index contributed by atoms with van der Waals surface area (Å²) in [5, 5.41) is 1.68. The van der Waals surface area contributed by atoms with Gasteiger partial charge in [0.15, 0.2) is 0 Å². The molecule has 1 aromatic heterocycles. The van der Waals surface area contributed by atoms with Crippen LogP contribution < -0.4 is 4.72 Å². The molecule has 2 aromatic rings. The first-order chi connectivity index (χ1) is 11.3. The molecule has 7 heteroatoms. The second kappa shape index (κ2) is 7.92. The van der Waals surface area contributed by atoms with Crippen LogP contribution >= 0.6 is 11.3 Å². The SMILES string of the molecule is Cc1ccc(COC(=O)[C@@H](NS(=O)(=O)c2cccs2)C(C)C)cc1. The normalized spacial score (nSPS) is 13.0. The van der Waals surface area contributed by atoms with Gasteiger partial charge in [0, 0.05) is 0 Å². The molecule has 24 heavy (non-hydrogen) atoms. The van der Waals surface area contributed by atoms with E-state index >= 15 is 0 Å². The summed E-state index contributed by atoms with van der Waals surface area (Å²) in [7, 11) is -3.73. The Balaban J connectivity index is 2.04. The van der Waals surface area contributed by atoms with Crippen molar-refractivity contribution in [3.63, 3.8) is 0 Å². The smallest absolute Gasteiger partial charge is 0.324 e. The summed E-state index contributed by atoms with van der Waals surface area (Å²) in [6, 6.07) is 9.85. The Bertz CT molecular complexity index is 765. The third-order valence-corrected chi connectivity index (χ3v) is 6.30. The Labute approximate surface area is 146 Å². The number of carbonyl (C=O) groups excluding carboxylic acids is 1. The van der Waals surface area contributed by atoms with Gasteiger partial charge in [0.1, 0.15) is 16.9 Å². The Morgan fingerprint density at radius 1 is 1.21 bits per heavy atom. The highest BCUT2D eigenvalue weighted by Crippen LogP contribution is 2.18. The molecule has 0 bridgehead atoms. The van der Waals surface area contributed by atoms with Crippen molar-refractivity contribution < 1.29 is 17.9 Å². The van der Waals surface area contributed by atoms with Gasteiger partial charge < -0.3 is 4.74 Å². The molecule has 5 nitrogen and oxygen atoms in total. The van der Waals surface area contributed by atoms with Gasteiger partial charge in [0.2, 0.25) is 0 Å². The summed E-state index contributed by atoms with van der Waals surface area (Å²) >= 11 is 1.10. The Kier molecular flexibility index (Phi) is 6.15.